The zero-order valence-electron chi connectivity index (χ0n) is 15.0. The highest BCUT2D eigenvalue weighted by Crippen LogP contribution is 2.61. The van der Waals surface area contributed by atoms with Crippen LogP contribution in [0.4, 0.5) is 0 Å². The van der Waals surface area contributed by atoms with E-state index in [1.807, 2.05) is 0 Å². The molecule has 4 fully saturated rings. The van der Waals surface area contributed by atoms with Gasteiger partial charge in [-0.15, -0.1) is 0 Å². The molecule has 0 saturated heterocycles. The number of ketones is 1. The van der Waals surface area contributed by atoms with Gasteiger partial charge in [0.15, 0.2) is 6.61 Å². The van der Waals surface area contributed by atoms with E-state index < -0.39 is 5.97 Å². The Morgan fingerprint density at radius 2 is 1.77 bits per heavy atom. The van der Waals surface area contributed by atoms with Crippen molar-refractivity contribution >= 4 is 17.7 Å². The van der Waals surface area contributed by atoms with Gasteiger partial charge in [-0.25, -0.2) is 0 Å². The third kappa shape index (κ3) is 3.69. The van der Waals surface area contributed by atoms with Gasteiger partial charge in [-0.05, 0) is 73.8 Å². The fourth-order valence-electron chi connectivity index (χ4n) is 5.86. The minimum atomic E-state index is -0.580. The van der Waals surface area contributed by atoms with Crippen LogP contribution < -0.4 is 5.32 Å². The standard InChI is InChI=1S/C20H26N2O4/c23-17(16-2-1-3-21-16)12-26-19(25)11-22-18(24)10-20-7-13-4-14(8-20)6-15(5-13)9-20/h1-3,13-15,21H,4-12H2,(H,22,24). The molecule has 6 nitrogen and oxygen atoms in total. The lowest BCUT2D eigenvalue weighted by molar-refractivity contribution is -0.143. The number of aromatic amines is 1. The fraction of sp³-hybridized carbons (Fsp3) is 0.650. The number of carbonyl (C=O) groups excluding carboxylic acids is 3. The summed E-state index contributed by atoms with van der Waals surface area (Å²) in [4.78, 5) is 38.7. The number of carbonyl (C=O) groups is 3. The van der Waals surface area contributed by atoms with E-state index in [1.165, 1.54) is 38.5 Å². The second-order valence-electron chi connectivity index (χ2n) is 8.54. The first-order chi connectivity index (χ1) is 12.5. The Labute approximate surface area is 153 Å². The van der Waals surface area contributed by atoms with Crippen LogP contribution in [-0.2, 0) is 14.3 Å². The normalized spacial score (nSPS) is 31.6. The Kier molecular flexibility index (Phi) is 4.59. The van der Waals surface area contributed by atoms with Gasteiger partial charge in [-0.2, -0.15) is 0 Å². The third-order valence-corrected chi connectivity index (χ3v) is 6.39. The average molecular weight is 358 g/mol. The summed E-state index contributed by atoms with van der Waals surface area (Å²) in [6.07, 6.45) is 9.71. The number of esters is 1. The first kappa shape index (κ1) is 17.3. The predicted octanol–water partition coefficient (Wildman–Crippen LogP) is 2.46. The monoisotopic (exact) mass is 358 g/mol. The highest BCUT2D eigenvalue weighted by molar-refractivity contribution is 5.96. The van der Waals surface area contributed by atoms with Crippen molar-refractivity contribution in [2.45, 2.75) is 44.9 Å². The van der Waals surface area contributed by atoms with Gasteiger partial charge in [0.2, 0.25) is 11.7 Å². The molecule has 4 aliphatic carbocycles. The molecule has 6 heteroatoms. The lowest BCUT2D eigenvalue weighted by Crippen LogP contribution is -2.48. The number of hydrogen-bond donors (Lipinski definition) is 2. The number of rotatable bonds is 7. The maximum absolute atomic E-state index is 12.4. The van der Waals surface area contributed by atoms with Gasteiger partial charge in [-0.3, -0.25) is 14.4 Å². The van der Waals surface area contributed by atoms with Crippen molar-refractivity contribution in [3.05, 3.63) is 24.0 Å². The molecule has 1 heterocycles. The van der Waals surface area contributed by atoms with Crippen molar-refractivity contribution in [1.29, 1.82) is 0 Å². The number of Topliss-reactive ketones (excluding diaryl/α,β-unsaturated/α-hetero) is 1. The van der Waals surface area contributed by atoms with Gasteiger partial charge in [0.25, 0.3) is 0 Å². The molecule has 0 spiro atoms. The van der Waals surface area contributed by atoms with E-state index in [1.54, 1.807) is 18.3 Å². The third-order valence-electron chi connectivity index (χ3n) is 6.39. The van der Waals surface area contributed by atoms with Gasteiger partial charge < -0.3 is 15.0 Å². The van der Waals surface area contributed by atoms with E-state index >= 15 is 0 Å². The zero-order chi connectivity index (χ0) is 18.1. The first-order valence-electron chi connectivity index (χ1n) is 9.60. The summed E-state index contributed by atoms with van der Waals surface area (Å²) in [7, 11) is 0. The van der Waals surface area contributed by atoms with Crippen LogP contribution in [0.25, 0.3) is 0 Å². The van der Waals surface area contributed by atoms with Gasteiger partial charge >= 0.3 is 5.97 Å². The first-order valence-corrected chi connectivity index (χ1v) is 9.60. The number of amides is 1. The van der Waals surface area contributed by atoms with Crippen molar-refractivity contribution in [1.82, 2.24) is 10.3 Å². The summed E-state index contributed by atoms with van der Waals surface area (Å²) >= 11 is 0. The molecule has 0 atom stereocenters. The Hall–Kier alpha value is -2.11. The molecular formula is C20H26N2O4. The predicted molar refractivity (Wildman–Crippen MR) is 94.3 cm³/mol. The number of hydrogen-bond acceptors (Lipinski definition) is 4. The largest absolute Gasteiger partial charge is 0.456 e. The molecule has 2 N–H and O–H groups in total. The van der Waals surface area contributed by atoms with Crippen LogP contribution in [0.5, 0.6) is 0 Å². The lowest BCUT2D eigenvalue weighted by Gasteiger charge is -2.56. The summed E-state index contributed by atoms with van der Waals surface area (Å²) in [6, 6.07) is 3.34. The van der Waals surface area contributed by atoms with E-state index in [2.05, 4.69) is 10.3 Å². The second kappa shape index (κ2) is 6.89. The SMILES string of the molecule is O=C(CC12CC3CC(CC(C3)C1)C2)NCC(=O)OCC(=O)c1ccc[nH]1. The van der Waals surface area contributed by atoms with E-state index in [0.29, 0.717) is 12.1 Å². The van der Waals surface area contributed by atoms with Gasteiger partial charge in [-0.1, -0.05) is 0 Å². The van der Waals surface area contributed by atoms with Crippen LogP contribution in [-0.4, -0.2) is 35.8 Å². The average Bonchev–Trinajstić information content (AvgIpc) is 3.11. The van der Waals surface area contributed by atoms with E-state index in [4.69, 9.17) is 4.74 Å². The van der Waals surface area contributed by atoms with Crippen molar-refractivity contribution in [3.8, 4) is 0 Å². The van der Waals surface area contributed by atoms with E-state index in [-0.39, 0.29) is 30.3 Å². The fourth-order valence-corrected chi connectivity index (χ4v) is 5.86. The topological polar surface area (TPSA) is 88.3 Å². The summed E-state index contributed by atoms with van der Waals surface area (Å²) in [5.41, 5.74) is 0.565. The molecule has 4 bridgehead atoms. The van der Waals surface area contributed by atoms with Crippen LogP contribution in [0.1, 0.15) is 55.4 Å². The van der Waals surface area contributed by atoms with Gasteiger partial charge in [0.05, 0.1) is 5.69 Å². The van der Waals surface area contributed by atoms with Crippen LogP contribution in [0.2, 0.25) is 0 Å². The van der Waals surface area contributed by atoms with Gasteiger partial charge in [0.1, 0.15) is 6.54 Å². The molecule has 5 rings (SSSR count). The molecule has 4 saturated carbocycles. The van der Waals surface area contributed by atoms with Crippen molar-refractivity contribution < 1.29 is 19.1 Å². The Morgan fingerprint density at radius 3 is 2.35 bits per heavy atom. The molecule has 1 aromatic rings. The van der Waals surface area contributed by atoms with Crippen LogP contribution >= 0.6 is 0 Å². The summed E-state index contributed by atoms with van der Waals surface area (Å²) in [6.45, 7) is -0.493. The number of H-pyrrole nitrogens is 1. The molecular weight excluding hydrogens is 332 g/mol. The molecule has 1 aromatic heterocycles. The number of nitrogens with one attached hydrogen (secondary N) is 2. The Bertz CT molecular complexity index is 659. The quantitative estimate of drug-likeness (QED) is 0.579. The van der Waals surface area contributed by atoms with Gasteiger partial charge in [0, 0.05) is 12.6 Å². The van der Waals surface area contributed by atoms with Crippen LogP contribution in [0.15, 0.2) is 18.3 Å². The number of aromatic nitrogens is 1. The number of ether oxygens (including phenoxy) is 1. The summed E-state index contributed by atoms with van der Waals surface area (Å²) in [5.74, 6) is 1.47. The maximum atomic E-state index is 12.4. The van der Waals surface area contributed by atoms with Crippen molar-refractivity contribution in [2.24, 2.45) is 23.2 Å². The summed E-state index contributed by atoms with van der Waals surface area (Å²) in [5, 5.41) is 2.68. The van der Waals surface area contributed by atoms with Crippen molar-refractivity contribution in [3.63, 3.8) is 0 Å². The zero-order valence-corrected chi connectivity index (χ0v) is 15.0. The van der Waals surface area contributed by atoms with Crippen LogP contribution in [0, 0.1) is 23.2 Å². The highest BCUT2D eigenvalue weighted by atomic mass is 16.5. The minimum Gasteiger partial charge on any atom is -0.456 e. The maximum Gasteiger partial charge on any atom is 0.325 e. The van der Waals surface area contributed by atoms with Crippen molar-refractivity contribution in [2.75, 3.05) is 13.2 Å². The molecule has 0 aliphatic heterocycles. The molecule has 0 radical (unpaired) electrons. The highest BCUT2D eigenvalue weighted by Gasteiger charge is 2.51. The Balaban J connectivity index is 1.20. The van der Waals surface area contributed by atoms with Crippen LogP contribution in [0.3, 0.4) is 0 Å². The van der Waals surface area contributed by atoms with E-state index in [9.17, 15) is 14.4 Å². The van der Waals surface area contributed by atoms with E-state index in [0.717, 1.165) is 17.8 Å². The summed E-state index contributed by atoms with van der Waals surface area (Å²) < 4.78 is 4.95. The molecule has 4 aliphatic rings. The molecule has 26 heavy (non-hydrogen) atoms. The molecule has 1 amide bonds. The molecule has 140 valence electrons. The second-order valence-corrected chi connectivity index (χ2v) is 8.54. The molecule has 0 aromatic carbocycles. The lowest BCUT2D eigenvalue weighted by atomic mass is 9.49. The Morgan fingerprint density at radius 1 is 1.12 bits per heavy atom. The smallest absolute Gasteiger partial charge is 0.325 e. The molecule has 0 unspecified atom stereocenters. The minimum absolute atomic E-state index is 0.0698.